The van der Waals surface area contributed by atoms with Crippen molar-refractivity contribution in [1.82, 2.24) is 20.2 Å². The Morgan fingerprint density at radius 1 is 1.29 bits per heavy atom. The second-order valence-electron chi connectivity index (χ2n) is 8.37. The Labute approximate surface area is 145 Å². The van der Waals surface area contributed by atoms with Crippen molar-refractivity contribution in [3.05, 3.63) is 23.3 Å². The first-order chi connectivity index (χ1) is 11.0. The van der Waals surface area contributed by atoms with E-state index < -0.39 is 5.60 Å². The quantitative estimate of drug-likeness (QED) is 0.920. The molecule has 2 heterocycles. The third-order valence-corrected chi connectivity index (χ3v) is 3.79. The van der Waals surface area contributed by atoms with E-state index in [4.69, 9.17) is 9.72 Å². The Balaban J connectivity index is 1.87. The average molecular weight is 334 g/mol. The molecule has 6 nitrogen and oxygen atoms in total. The summed E-state index contributed by atoms with van der Waals surface area (Å²) in [5.41, 5.74) is 1.84. The van der Waals surface area contributed by atoms with Crippen molar-refractivity contribution in [2.45, 2.75) is 65.5 Å². The Morgan fingerprint density at radius 2 is 2.00 bits per heavy atom. The summed E-state index contributed by atoms with van der Waals surface area (Å²) in [6.45, 7) is 15.1. The Hall–Kier alpha value is -1.69. The molecule has 1 aliphatic rings. The number of hydrogen-bond acceptors (Lipinski definition) is 5. The summed E-state index contributed by atoms with van der Waals surface area (Å²) < 4.78 is 5.25. The van der Waals surface area contributed by atoms with Crippen molar-refractivity contribution in [2.75, 3.05) is 19.6 Å². The molecule has 134 valence electrons. The van der Waals surface area contributed by atoms with Crippen molar-refractivity contribution in [2.24, 2.45) is 0 Å². The van der Waals surface area contributed by atoms with Gasteiger partial charge in [0.15, 0.2) is 0 Å². The van der Waals surface area contributed by atoms with E-state index in [9.17, 15) is 4.79 Å². The first kappa shape index (κ1) is 18.6. The fourth-order valence-electron chi connectivity index (χ4n) is 2.54. The van der Waals surface area contributed by atoms with Crippen LogP contribution in [-0.2, 0) is 23.1 Å². The summed E-state index contributed by atoms with van der Waals surface area (Å²) in [5, 5.41) is 2.81. The van der Waals surface area contributed by atoms with Crippen LogP contribution in [0.15, 0.2) is 6.20 Å². The summed E-state index contributed by atoms with van der Waals surface area (Å²) in [7, 11) is 0. The zero-order valence-corrected chi connectivity index (χ0v) is 15.8. The molecule has 24 heavy (non-hydrogen) atoms. The molecule has 0 unspecified atom stereocenters. The molecule has 1 amide bonds. The number of amides is 1. The van der Waals surface area contributed by atoms with Crippen molar-refractivity contribution >= 4 is 6.09 Å². The smallest absolute Gasteiger partial charge is 0.407 e. The maximum Gasteiger partial charge on any atom is 0.407 e. The fraction of sp³-hybridized carbons (Fsp3) is 0.722. The number of carbonyl (C=O) groups is 1. The van der Waals surface area contributed by atoms with E-state index in [1.54, 1.807) is 0 Å². The SMILES string of the molecule is CC(C)(C)OC(=O)NCCN1CCc2cnc(C(C)(C)C)nc2C1. The van der Waals surface area contributed by atoms with E-state index in [0.29, 0.717) is 6.54 Å². The Kier molecular flexibility index (Phi) is 5.48. The first-order valence-corrected chi connectivity index (χ1v) is 8.59. The lowest BCUT2D eigenvalue weighted by Gasteiger charge is -2.29. The third kappa shape index (κ3) is 5.44. The Bertz CT molecular complexity index is 588. The summed E-state index contributed by atoms with van der Waals surface area (Å²) in [6.07, 6.45) is 2.56. The van der Waals surface area contributed by atoms with Crippen LogP contribution in [0.1, 0.15) is 58.6 Å². The number of nitrogens with one attached hydrogen (secondary N) is 1. The molecule has 2 rings (SSSR count). The minimum atomic E-state index is -0.464. The number of hydrogen-bond donors (Lipinski definition) is 1. The monoisotopic (exact) mass is 334 g/mol. The Morgan fingerprint density at radius 3 is 2.62 bits per heavy atom. The second-order valence-corrected chi connectivity index (χ2v) is 8.37. The van der Waals surface area contributed by atoms with Crippen LogP contribution in [0.2, 0.25) is 0 Å². The van der Waals surface area contributed by atoms with Gasteiger partial charge >= 0.3 is 6.09 Å². The fourth-order valence-corrected chi connectivity index (χ4v) is 2.54. The van der Waals surface area contributed by atoms with E-state index in [-0.39, 0.29) is 11.5 Å². The van der Waals surface area contributed by atoms with Crippen LogP contribution in [0.4, 0.5) is 4.79 Å². The third-order valence-electron chi connectivity index (χ3n) is 3.79. The molecule has 0 radical (unpaired) electrons. The van der Waals surface area contributed by atoms with Crippen LogP contribution in [0.5, 0.6) is 0 Å². The van der Waals surface area contributed by atoms with Gasteiger partial charge in [-0.3, -0.25) is 4.90 Å². The van der Waals surface area contributed by atoms with Crippen molar-refractivity contribution in [1.29, 1.82) is 0 Å². The van der Waals surface area contributed by atoms with Gasteiger partial charge in [0.2, 0.25) is 0 Å². The van der Waals surface area contributed by atoms with Crippen LogP contribution in [0.25, 0.3) is 0 Å². The molecular weight excluding hydrogens is 304 g/mol. The molecule has 0 aromatic carbocycles. The molecule has 1 aliphatic heterocycles. The summed E-state index contributed by atoms with van der Waals surface area (Å²) >= 11 is 0. The molecule has 1 N–H and O–H groups in total. The molecule has 0 atom stereocenters. The van der Waals surface area contributed by atoms with Crippen LogP contribution in [0, 0.1) is 0 Å². The van der Waals surface area contributed by atoms with E-state index in [1.807, 2.05) is 27.0 Å². The molecular formula is C18H30N4O2. The molecule has 1 aromatic heterocycles. The van der Waals surface area contributed by atoms with E-state index in [1.165, 1.54) is 5.56 Å². The van der Waals surface area contributed by atoms with Crippen LogP contribution >= 0.6 is 0 Å². The van der Waals surface area contributed by atoms with Gasteiger partial charge in [0.1, 0.15) is 11.4 Å². The van der Waals surface area contributed by atoms with Gasteiger partial charge in [-0.15, -0.1) is 0 Å². The maximum absolute atomic E-state index is 11.7. The van der Waals surface area contributed by atoms with Crippen molar-refractivity contribution < 1.29 is 9.53 Å². The van der Waals surface area contributed by atoms with E-state index in [2.05, 4.69) is 36.0 Å². The number of nitrogens with zero attached hydrogens (tertiary/aromatic N) is 3. The largest absolute Gasteiger partial charge is 0.444 e. The lowest BCUT2D eigenvalue weighted by molar-refractivity contribution is 0.0521. The zero-order chi connectivity index (χ0) is 18.0. The number of alkyl carbamates (subject to hydrolysis) is 1. The minimum absolute atomic E-state index is 0.0461. The summed E-state index contributed by atoms with van der Waals surface area (Å²) in [6, 6.07) is 0. The molecule has 1 aromatic rings. The molecule has 0 bridgehead atoms. The highest BCUT2D eigenvalue weighted by Crippen LogP contribution is 2.22. The number of carbonyl (C=O) groups excluding carboxylic acids is 1. The lowest BCUT2D eigenvalue weighted by atomic mass is 9.95. The topological polar surface area (TPSA) is 67.3 Å². The average Bonchev–Trinajstić information content (AvgIpc) is 2.43. The normalized spacial score (nSPS) is 15.8. The minimum Gasteiger partial charge on any atom is -0.444 e. The van der Waals surface area contributed by atoms with Gasteiger partial charge in [-0.25, -0.2) is 14.8 Å². The zero-order valence-electron chi connectivity index (χ0n) is 15.8. The van der Waals surface area contributed by atoms with Gasteiger partial charge in [-0.05, 0) is 32.8 Å². The number of aromatic nitrogens is 2. The van der Waals surface area contributed by atoms with Gasteiger partial charge < -0.3 is 10.1 Å². The predicted octanol–water partition coefficient (Wildman–Crippen LogP) is 2.66. The van der Waals surface area contributed by atoms with Gasteiger partial charge in [-0.2, -0.15) is 0 Å². The maximum atomic E-state index is 11.7. The molecule has 0 fully saturated rings. The van der Waals surface area contributed by atoms with Gasteiger partial charge in [0.25, 0.3) is 0 Å². The van der Waals surface area contributed by atoms with Crippen LogP contribution in [0.3, 0.4) is 0 Å². The number of rotatable bonds is 3. The molecule has 0 saturated heterocycles. The van der Waals surface area contributed by atoms with Gasteiger partial charge in [-0.1, -0.05) is 20.8 Å². The van der Waals surface area contributed by atoms with Crippen LogP contribution < -0.4 is 5.32 Å². The van der Waals surface area contributed by atoms with E-state index in [0.717, 1.165) is 37.6 Å². The first-order valence-electron chi connectivity index (χ1n) is 8.59. The van der Waals surface area contributed by atoms with Crippen molar-refractivity contribution in [3.8, 4) is 0 Å². The standard InChI is InChI=1S/C18H30N4O2/c1-17(2,3)15-20-11-13-7-9-22(12-14(13)21-15)10-8-19-16(23)24-18(4,5)6/h11H,7-10,12H2,1-6H3,(H,19,23). The summed E-state index contributed by atoms with van der Waals surface area (Å²) in [5.74, 6) is 0.884. The predicted molar refractivity (Wildman–Crippen MR) is 93.9 cm³/mol. The highest BCUT2D eigenvalue weighted by atomic mass is 16.6. The molecule has 0 spiro atoms. The summed E-state index contributed by atoms with van der Waals surface area (Å²) in [4.78, 5) is 23.3. The van der Waals surface area contributed by atoms with E-state index >= 15 is 0 Å². The molecule has 0 saturated carbocycles. The number of fused-ring (bicyclic) bond motifs is 1. The highest BCUT2D eigenvalue weighted by molar-refractivity contribution is 5.67. The van der Waals surface area contributed by atoms with Gasteiger partial charge in [0.05, 0.1) is 5.69 Å². The molecule has 0 aliphatic carbocycles. The van der Waals surface area contributed by atoms with Crippen molar-refractivity contribution in [3.63, 3.8) is 0 Å². The number of ether oxygens (including phenoxy) is 1. The van der Waals surface area contributed by atoms with Crippen LogP contribution in [-0.4, -0.2) is 46.2 Å². The second kappa shape index (κ2) is 7.05. The molecule has 6 heteroatoms. The van der Waals surface area contributed by atoms with Gasteiger partial charge in [0, 0.05) is 37.8 Å². The highest BCUT2D eigenvalue weighted by Gasteiger charge is 2.23. The lowest BCUT2D eigenvalue weighted by Crippen LogP contribution is -2.40.